The Morgan fingerprint density at radius 3 is 2.56 bits per heavy atom. The second-order valence-electron chi connectivity index (χ2n) is 6.47. The Morgan fingerprint density at radius 2 is 2.00 bits per heavy atom. The number of aromatic amines is 1. The minimum Gasteiger partial charge on any atom is -0.466 e. The lowest BCUT2D eigenvalue weighted by Crippen LogP contribution is -2.51. The van der Waals surface area contributed by atoms with Crippen molar-refractivity contribution in [2.45, 2.75) is 42.4 Å². The zero-order valence-corrected chi connectivity index (χ0v) is 15.4. The Morgan fingerprint density at radius 1 is 1.33 bits per heavy atom. The highest BCUT2D eigenvalue weighted by molar-refractivity contribution is 7.99. The van der Waals surface area contributed by atoms with Crippen LogP contribution in [-0.2, 0) is 25.2 Å². The summed E-state index contributed by atoms with van der Waals surface area (Å²) in [6.07, 6.45) is -4.49. The number of ether oxygens (including phenoxy) is 2. The van der Waals surface area contributed by atoms with Gasteiger partial charge in [0, 0.05) is 11.2 Å². The van der Waals surface area contributed by atoms with E-state index in [1.54, 1.807) is 13.8 Å². The predicted octanol–water partition coefficient (Wildman–Crippen LogP) is 1.37. The predicted molar refractivity (Wildman–Crippen MR) is 86.3 cm³/mol. The van der Waals surface area contributed by atoms with E-state index in [0.29, 0.717) is 0 Å². The van der Waals surface area contributed by atoms with Crippen LogP contribution < -0.4 is 5.73 Å². The molecule has 2 fully saturated rings. The molecule has 150 valence electrons. The number of hydrogen-bond acceptors (Lipinski definition) is 8. The molecule has 2 saturated carbocycles. The molecule has 0 amide bonds. The molecule has 1 heterocycles. The smallest absolute Gasteiger partial charge is 0.451 e. The second-order valence-corrected chi connectivity index (χ2v) is 7.67. The van der Waals surface area contributed by atoms with Gasteiger partial charge in [-0.1, -0.05) is 11.8 Å². The first-order valence-electron chi connectivity index (χ1n) is 8.42. The number of nitrogens with two attached hydrogens (primary N) is 1. The number of carbonyl (C=O) groups is 2. The fraction of sp³-hybridized carbons (Fsp3) is 0.733. The highest BCUT2D eigenvalue weighted by Gasteiger charge is 2.74. The Hall–Kier alpha value is -1.82. The van der Waals surface area contributed by atoms with E-state index in [0.717, 1.165) is 11.8 Å². The maximum Gasteiger partial charge on any atom is 0.451 e. The summed E-state index contributed by atoms with van der Waals surface area (Å²) in [7, 11) is 0. The molecule has 27 heavy (non-hydrogen) atoms. The number of nitrogens with zero attached hydrogens (tertiary/aromatic N) is 2. The summed E-state index contributed by atoms with van der Waals surface area (Å²) in [6.45, 7) is 3.62. The van der Waals surface area contributed by atoms with Crippen molar-refractivity contribution in [1.82, 2.24) is 15.2 Å². The molecule has 3 N–H and O–H groups in total. The number of fused-ring (bicyclic) bond motifs is 1. The molecule has 2 aliphatic rings. The van der Waals surface area contributed by atoms with Crippen LogP contribution in [0.5, 0.6) is 0 Å². The Kier molecular flexibility index (Phi) is 5.14. The van der Waals surface area contributed by atoms with Crippen LogP contribution in [-0.4, -0.2) is 51.1 Å². The van der Waals surface area contributed by atoms with Gasteiger partial charge in [-0.2, -0.15) is 18.2 Å². The number of carbonyl (C=O) groups excluding carboxylic acids is 2. The van der Waals surface area contributed by atoms with Crippen molar-refractivity contribution in [2.24, 2.45) is 23.5 Å². The standard InChI is InChI=1S/C15H19F3N4O4S/c1-3-25-10(23)8-7-6(5-14(19,9(7)8)12(24)26-4-2)27-13-20-11(21-22-13)15(16,17)18/h6-9H,3-5,19H2,1-2H3,(H,20,21,22)/t6-,7+,8+,9+,14+/m1/s1. The molecular weight excluding hydrogens is 389 g/mol. The number of nitrogens with one attached hydrogen (secondary N) is 1. The number of halogens is 3. The van der Waals surface area contributed by atoms with E-state index in [1.165, 1.54) is 0 Å². The van der Waals surface area contributed by atoms with Gasteiger partial charge in [-0.15, -0.1) is 5.10 Å². The van der Waals surface area contributed by atoms with Gasteiger partial charge in [-0.05, 0) is 26.2 Å². The number of alkyl halides is 3. The van der Waals surface area contributed by atoms with E-state index < -0.39 is 46.6 Å². The third kappa shape index (κ3) is 3.51. The van der Waals surface area contributed by atoms with Crippen LogP contribution >= 0.6 is 11.8 Å². The molecule has 5 atom stereocenters. The Labute approximate surface area is 156 Å². The number of hydrogen-bond donors (Lipinski definition) is 2. The van der Waals surface area contributed by atoms with E-state index in [9.17, 15) is 22.8 Å². The fourth-order valence-corrected chi connectivity index (χ4v) is 5.14. The molecule has 0 spiro atoms. The maximum absolute atomic E-state index is 12.7. The van der Waals surface area contributed by atoms with Crippen LogP contribution in [0.3, 0.4) is 0 Å². The van der Waals surface area contributed by atoms with Crippen LogP contribution in [0.4, 0.5) is 13.2 Å². The number of esters is 2. The monoisotopic (exact) mass is 408 g/mol. The van der Waals surface area contributed by atoms with Crippen LogP contribution in [0.1, 0.15) is 26.1 Å². The average Bonchev–Trinajstić information content (AvgIpc) is 3.04. The first kappa shape index (κ1) is 19.9. The Balaban J connectivity index is 1.80. The third-order valence-corrected chi connectivity index (χ3v) is 6.02. The summed E-state index contributed by atoms with van der Waals surface area (Å²) < 4.78 is 48.1. The number of aromatic nitrogens is 3. The molecule has 1 aromatic heterocycles. The SMILES string of the molecule is CCOC(=O)[C@H]1[C@H]2[C@@H]1[C@](N)(C(=O)OCC)C[C@H]2Sc1n[nH]c(C(F)(F)F)n1. The van der Waals surface area contributed by atoms with E-state index in [2.05, 4.69) is 10.1 Å². The van der Waals surface area contributed by atoms with Crippen LogP contribution in [0.15, 0.2) is 5.16 Å². The van der Waals surface area contributed by atoms with E-state index in [1.807, 2.05) is 5.10 Å². The van der Waals surface area contributed by atoms with Crippen molar-refractivity contribution >= 4 is 23.7 Å². The number of H-pyrrole nitrogens is 1. The first-order valence-corrected chi connectivity index (χ1v) is 9.30. The van der Waals surface area contributed by atoms with Gasteiger partial charge in [0.15, 0.2) is 0 Å². The number of thioether (sulfide) groups is 1. The van der Waals surface area contributed by atoms with Gasteiger partial charge in [0.2, 0.25) is 11.0 Å². The average molecular weight is 408 g/mol. The first-order chi connectivity index (χ1) is 12.6. The van der Waals surface area contributed by atoms with Gasteiger partial charge >= 0.3 is 18.1 Å². The summed E-state index contributed by atoms with van der Waals surface area (Å²) in [4.78, 5) is 28.0. The van der Waals surface area contributed by atoms with Crippen molar-refractivity contribution in [3.05, 3.63) is 5.82 Å². The summed E-state index contributed by atoms with van der Waals surface area (Å²) in [6, 6.07) is 0. The van der Waals surface area contributed by atoms with Crippen molar-refractivity contribution < 1.29 is 32.2 Å². The van der Waals surface area contributed by atoms with Gasteiger partial charge < -0.3 is 15.2 Å². The normalized spacial score (nSPS) is 32.1. The summed E-state index contributed by atoms with van der Waals surface area (Å²) in [5.41, 5.74) is 4.90. The Bertz CT molecular complexity index is 743. The van der Waals surface area contributed by atoms with Gasteiger partial charge in [0.25, 0.3) is 0 Å². The molecule has 3 rings (SSSR count). The molecule has 0 unspecified atom stereocenters. The van der Waals surface area contributed by atoms with Gasteiger partial charge in [0.05, 0.1) is 19.1 Å². The van der Waals surface area contributed by atoms with Crippen molar-refractivity contribution in [1.29, 1.82) is 0 Å². The lowest BCUT2D eigenvalue weighted by Gasteiger charge is -2.26. The molecule has 8 nitrogen and oxygen atoms in total. The minimum atomic E-state index is -4.64. The second kappa shape index (κ2) is 6.97. The zero-order valence-electron chi connectivity index (χ0n) is 14.6. The molecule has 0 aromatic carbocycles. The van der Waals surface area contributed by atoms with E-state index in [4.69, 9.17) is 15.2 Å². The number of rotatable bonds is 6. The molecule has 0 bridgehead atoms. The van der Waals surface area contributed by atoms with Gasteiger partial charge in [-0.25, -0.2) is 0 Å². The zero-order chi connectivity index (χ0) is 20.0. The maximum atomic E-state index is 12.7. The third-order valence-electron chi connectivity index (χ3n) is 4.84. The highest BCUT2D eigenvalue weighted by atomic mass is 32.2. The summed E-state index contributed by atoms with van der Waals surface area (Å²) in [5, 5.41) is 4.89. The molecule has 2 aliphatic carbocycles. The van der Waals surface area contributed by atoms with Crippen molar-refractivity contribution in [3.63, 3.8) is 0 Å². The molecule has 0 radical (unpaired) electrons. The van der Waals surface area contributed by atoms with Gasteiger partial charge in [0.1, 0.15) is 5.54 Å². The lowest BCUT2D eigenvalue weighted by molar-refractivity contribution is -0.151. The molecule has 1 aromatic rings. The quantitative estimate of drug-likeness (QED) is 0.678. The molecular formula is C15H19F3N4O4S. The van der Waals surface area contributed by atoms with Crippen LogP contribution in [0.2, 0.25) is 0 Å². The van der Waals surface area contributed by atoms with E-state index >= 15 is 0 Å². The van der Waals surface area contributed by atoms with Gasteiger partial charge in [-0.3, -0.25) is 14.7 Å². The molecule has 0 aliphatic heterocycles. The summed E-state index contributed by atoms with van der Waals surface area (Å²) in [5.74, 6) is -3.68. The topological polar surface area (TPSA) is 120 Å². The minimum absolute atomic E-state index is 0.117. The van der Waals surface area contributed by atoms with Crippen molar-refractivity contribution in [2.75, 3.05) is 13.2 Å². The molecule has 0 saturated heterocycles. The van der Waals surface area contributed by atoms with E-state index in [-0.39, 0.29) is 30.7 Å². The summed E-state index contributed by atoms with van der Waals surface area (Å²) >= 11 is 0.966. The molecule has 12 heteroatoms. The van der Waals surface area contributed by atoms with Crippen LogP contribution in [0.25, 0.3) is 0 Å². The lowest BCUT2D eigenvalue weighted by atomic mass is 9.91. The van der Waals surface area contributed by atoms with Crippen molar-refractivity contribution in [3.8, 4) is 0 Å². The fourth-order valence-electron chi connectivity index (χ4n) is 3.77. The highest BCUT2D eigenvalue weighted by Crippen LogP contribution is 2.65. The van der Waals surface area contributed by atoms with Crippen LogP contribution in [0, 0.1) is 17.8 Å². The largest absolute Gasteiger partial charge is 0.466 e.